The van der Waals surface area contributed by atoms with Crippen molar-refractivity contribution in [1.29, 1.82) is 0 Å². The number of rotatable bonds is 3. The second-order valence-corrected chi connectivity index (χ2v) is 4.30. The largest absolute Gasteiger partial charge is 0.207 e. The van der Waals surface area contributed by atoms with E-state index in [4.69, 9.17) is 0 Å². The van der Waals surface area contributed by atoms with E-state index in [2.05, 4.69) is 47.8 Å². The second-order valence-electron chi connectivity index (χ2n) is 2.62. The third-order valence-corrected chi connectivity index (χ3v) is 3.59. The van der Waals surface area contributed by atoms with Crippen LogP contribution in [0.1, 0.15) is 16.7 Å². The first-order valence-electron chi connectivity index (χ1n) is 3.71. The summed E-state index contributed by atoms with van der Waals surface area (Å²) < 4.78 is 13.4. The molecule has 0 nitrogen and oxygen atoms in total. The Balaban J connectivity index is 3.20. The van der Waals surface area contributed by atoms with E-state index < -0.39 is 0 Å². The van der Waals surface area contributed by atoms with Crippen LogP contribution < -0.4 is 0 Å². The Hall–Kier alpha value is 0.590. The van der Waals surface area contributed by atoms with Gasteiger partial charge in [-0.1, -0.05) is 53.9 Å². The number of hydrogen-bond donors (Lipinski definition) is 0. The van der Waals surface area contributed by atoms with Crippen molar-refractivity contribution < 1.29 is 4.39 Å². The van der Waals surface area contributed by atoms with Gasteiger partial charge in [0.15, 0.2) is 0 Å². The summed E-state index contributed by atoms with van der Waals surface area (Å²) in [5.41, 5.74) is 2.71. The lowest BCUT2D eigenvalue weighted by molar-refractivity contribution is 0.614. The molecule has 72 valence electrons. The monoisotopic (exact) mass is 372 g/mol. The molecule has 0 unspecified atom stereocenters. The lowest BCUT2D eigenvalue weighted by atomic mass is 10.1. The van der Waals surface area contributed by atoms with Gasteiger partial charge in [-0.15, -0.1) is 0 Å². The zero-order chi connectivity index (χ0) is 9.84. The molecule has 0 aliphatic heterocycles. The Morgan fingerprint density at radius 1 is 1.00 bits per heavy atom. The number of alkyl halides is 3. The maximum absolute atomic E-state index is 13.4. The van der Waals surface area contributed by atoms with Crippen molar-refractivity contribution in [3.63, 3.8) is 0 Å². The molecule has 0 spiro atoms. The molecule has 4 heteroatoms. The van der Waals surface area contributed by atoms with Crippen LogP contribution in [0.3, 0.4) is 0 Å². The average Bonchev–Trinajstić information content (AvgIpc) is 2.16. The van der Waals surface area contributed by atoms with Crippen LogP contribution in [0.2, 0.25) is 0 Å². The summed E-state index contributed by atoms with van der Waals surface area (Å²) in [5, 5.41) is 1.93. The predicted octanol–water partition coefficient (Wildman–Crippen LogP) is 4.51. The summed E-state index contributed by atoms with van der Waals surface area (Å²) in [5.74, 6) is -0.136. The SMILES string of the molecule is Fc1cc(CBr)cc(CBr)c1CBr. The molecule has 1 aromatic rings. The van der Waals surface area contributed by atoms with Crippen molar-refractivity contribution in [1.82, 2.24) is 0 Å². The fourth-order valence-electron chi connectivity index (χ4n) is 1.10. The zero-order valence-corrected chi connectivity index (χ0v) is 11.5. The van der Waals surface area contributed by atoms with Crippen LogP contribution in [-0.4, -0.2) is 0 Å². The van der Waals surface area contributed by atoms with Crippen molar-refractivity contribution in [2.75, 3.05) is 0 Å². The molecule has 0 bridgehead atoms. The highest BCUT2D eigenvalue weighted by molar-refractivity contribution is 9.09. The summed E-state index contributed by atoms with van der Waals surface area (Å²) in [6.07, 6.45) is 0. The van der Waals surface area contributed by atoms with Crippen LogP contribution in [-0.2, 0) is 16.0 Å². The molecule has 1 aromatic carbocycles. The fourth-order valence-corrected chi connectivity index (χ4v) is 2.55. The van der Waals surface area contributed by atoms with Gasteiger partial charge in [0, 0.05) is 21.6 Å². The molecular weight excluding hydrogens is 367 g/mol. The van der Waals surface area contributed by atoms with Gasteiger partial charge in [-0.2, -0.15) is 0 Å². The number of benzene rings is 1. The Morgan fingerprint density at radius 3 is 2.15 bits per heavy atom. The highest BCUT2D eigenvalue weighted by Crippen LogP contribution is 2.22. The molecule has 0 saturated carbocycles. The average molecular weight is 375 g/mol. The Bertz CT molecular complexity index is 299. The molecular formula is C9H8Br3F. The van der Waals surface area contributed by atoms with Crippen LogP contribution in [0.5, 0.6) is 0 Å². The molecule has 0 heterocycles. The highest BCUT2D eigenvalue weighted by atomic mass is 79.9. The van der Waals surface area contributed by atoms with Crippen LogP contribution in [0.4, 0.5) is 4.39 Å². The van der Waals surface area contributed by atoms with E-state index in [1.807, 2.05) is 6.07 Å². The molecule has 0 amide bonds. The minimum Gasteiger partial charge on any atom is -0.207 e. The molecule has 0 aliphatic rings. The third kappa shape index (κ3) is 2.77. The van der Waals surface area contributed by atoms with Gasteiger partial charge < -0.3 is 0 Å². The summed E-state index contributed by atoms with van der Waals surface area (Å²) >= 11 is 9.93. The van der Waals surface area contributed by atoms with E-state index in [0.717, 1.165) is 16.7 Å². The van der Waals surface area contributed by atoms with Crippen molar-refractivity contribution in [3.05, 3.63) is 34.6 Å². The molecule has 1 rings (SSSR count). The van der Waals surface area contributed by atoms with Gasteiger partial charge in [0.05, 0.1) is 0 Å². The van der Waals surface area contributed by atoms with Crippen LogP contribution in [0.25, 0.3) is 0 Å². The van der Waals surface area contributed by atoms with E-state index in [1.54, 1.807) is 6.07 Å². The van der Waals surface area contributed by atoms with Crippen molar-refractivity contribution >= 4 is 47.8 Å². The number of halogens is 4. The maximum Gasteiger partial charge on any atom is 0.127 e. The van der Waals surface area contributed by atoms with E-state index in [9.17, 15) is 4.39 Å². The molecule has 0 fully saturated rings. The molecule has 0 N–H and O–H groups in total. The van der Waals surface area contributed by atoms with Crippen molar-refractivity contribution in [2.24, 2.45) is 0 Å². The Morgan fingerprint density at radius 2 is 1.69 bits per heavy atom. The molecule has 0 aromatic heterocycles. The van der Waals surface area contributed by atoms with E-state index in [1.165, 1.54) is 0 Å². The first-order valence-corrected chi connectivity index (χ1v) is 7.07. The normalized spacial score (nSPS) is 10.5. The van der Waals surface area contributed by atoms with Gasteiger partial charge in [0.25, 0.3) is 0 Å². The summed E-state index contributed by atoms with van der Waals surface area (Å²) in [4.78, 5) is 0. The summed E-state index contributed by atoms with van der Waals surface area (Å²) in [7, 11) is 0. The van der Waals surface area contributed by atoms with Crippen LogP contribution in [0.15, 0.2) is 12.1 Å². The van der Waals surface area contributed by atoms with Crippen LogP contribution in [0, 0.1) is 5.82 Å². The molecule has 0 saturated heterocycles. The summed E-state index contributed by atoms with van der Waals surface area (Å²) in [6.45, 7) is 0. The first-order chi connectivity index (χ1) is 6.22. The molecule has 13 heavy (non-hydrogen) atoms. The van der Waals surface area contributed by atoms with E-state index in [0.29, 0.717) is 16.0 Å². The van der Waals surface area contributed by atoms with Gasteiger partial charge in [-0.05, 0) is 17.2 Å². The Kier molecular flexibility index (Phi) is 4.90. The predicted molar refractivity (Wildman–Crippen MR) is 64.3 cm³/mol. The van der Waals surface area contributed by atoms with E-state index >= 15 is 0 Å². The van der Waals surface area contributed by atoms with Crippen LogP contribution >= 0.6 is 47.8 Å². The van der Waals surface area contributed by atoms with Gasteiger partial charge in [-0.3, -0.25) is 0 Å². The second kappa shape index (κ2) is 5.47. The minimum absolute atomic E-state index is 0.136. The van der Waals surface area contributed by atoms with Crippen molar-refractivity contribution in [3.8, 4) is 0 Å². The molecule has 0 radical (unpaired) electrons. The van der Waals surface area contributed by atoms with Gasteiger partial charge in [0.1, 0.15) is 5.82 Å². The highest BCUT2D eigenvalue weighted by Gasteiger charge is 2.08. The third-order valence-electron chi connectivity index (χ3n) is 1.78. The molecule has 0 atom stereocenters. The summed E-state index contributed by atoms with van der Waals surface area (Å²) in [6, 6.07) is 3.57. The lowest BCUT2D eigenvalue weighted by Gasteiger charge is -2.07. The van der Waals surface area contributed by atoms with Gasteiger partial charge in [-0.25, -0.2) is 4.39 Å². The minimum atomic E-state index is -0.136. The quantitative estimate of drug-likeness (QED) is 0.683. The Labute approximate surface area is 102 Å². The first kappa shape index (κ1) is 11.7. The fraction of sp³-hybridized carbons (Fsp3) is 0.333. The zero-order valence-electron chi connectivity index (χ0n) is 6.79. The van der Waals surface area contributed by atoms with Crippen molar-refractivity contribution in [2.45, 2.75) is 16.0 Å². The molecule has 0 aliphatic carbocycles. The number of hydrogen-bond acceptors (Lipinski definition) is 0. The van der Waals surface area contributed by atoms with Gasteiger partial charge >= 0.3 is 0 Å². The lowest BCUT2D eigenvalue weighted by Crippen LogP contribution is -1.95. The van der Waals surface area contributed by atoms with E-state index in [-0.39, 0.29) is 5.82 Å². The maximum atomic E-state index is 13.4. The topological polar surface area (TPSA) is 0 Å². The van der Waals surface area contributed by atoms with Gasteiger partial charge in [0.2, 0.25) is 0 Å². The smallest absolute Gasteiger partial charge is 0.127 e. The standard InChI is InChI=1S/C9H8Br3F/c10-3-6-1-7(4-11)8(5-12)9(13)2-6/h1-2H,3-5H2.